The Morgan fingerprint density at radius 1 is 1.43 bits per heavy atom. The SMILES string of the molecule is CC(=O)N(C)[C@@H]1CCC[C@H](NC(=O)Nc2nc(C)cs2)C1. The van der Waals surface area contributed by atoms with Gasteiger partial charge in [0.2, 0.25) is 5.91 Å². The number of carbonyl (C=O) groups is 2. The minimum Gasteiger partial charge on any atom is -0.343 e. The molecule has 1 heterocycles. The van der Waals surface area contributed by atoms with Crippen LogP contribution in [0.5, 0.6) is 0 Å². The van der Waals surface area contributed by atoms with Gasteiger partial charge in [0.25, 0.3) is 0 Å². The van der Waals surface area contributed by atoms with Crippen molar-refractivity contribution < 1.29 is 9.59 Å². The molecule has 0 aliphatic heterocycles. The highest BCUT2D eigenvalue weighted by Crippen LogP contribution is 2.23. The first kappa shape index (κ1) is 15.8. The van der Waals surface area contributed by atoms with Crippen LogP contribution < -0.4 is 10.6 Å². The fourth-order valence-corrected chi connectivity index (χ4v) is 3.32. The zero-order valence-electron chi connectivity index (χ0n) is 12.7. The van der Waals surface area contributed by atoms with Gasteiger partial charge in [0.1, 0.15) is 0 Å². The number of thiazole rings is 1. The van der Waals surface area contributed by atoms with Crippen LogP contribution in [-0.2, 0) is 4.79 Å². The first-order valence-electron chi connectivity index (χ1n) is 7.18. The molecule has 0 radical (unpaired) electrons. The van der Waals surface area contributed by atoms with E-state index in [-0.39, 0.29) is 24.0 Å². The molecule has 2 atom stereocenters. The smallest absolute Gasteiger partial charge is 0.321 e. The lowest BCUT2D eigenvalue weighted by molar-refractivity contribution is -0.130. The summed E-state index contributed by atoms with van der Waals surface area (Å²) in [6, 6.07) is 0.0933. The second-order valence-electron chi connectivity index (χ2n) is 5.54. The van der Waals surface area contributed by atoms with E-state index in [2.05, 4.69) is 15.6 Å². The van der Waals surface area contributed by atoms with Gasteiger partial charge in [-0.3, -0.25) is 10.1 Å². The molecule has 0 bridgehead atoms. The van der Waals surface area contributed by atoms with Crippen LogP contribution in [0.4, 0.5) is 9.93 Å². The van der Waals surface area contributed by atoms with E-state index < -0.39 is 0 Å². The molecule has 21 heavy (non-hydrogen) atoms. The van der Waals surface area contributed by atoms with Gasteiger partial charge in [0.05, 0.1) is 5.69 Å². The Bertz CT molecular complexity index is 517. The summed E-state index contributed by atoms with van der Waals surface area (Å²) in [5.41, 5.74) is 0.899. The van der Waals surface area contributed by atoms with Gasteiger partial charge in [-0.15, -0.1) is 11.3 Å². The van der Waals surface area contributed by atoms with Crippen molar-refractivity contribution in [1.82, 2.24) is 15.2 Å². The molecule has 2 N–H and O–H groups in total. The second kappa shape index (κ2) is 6.89. The highest BCUT2D eigenvalue weighted by molar-refractivity contribution is 7.13. The molecule has 3 amide bonds. The van der Waals surface area contributed by atoms with Crippen LogP contribution in [0.3, 0.4) is 0 Å². The molecule has 7 heteroatoms. The van der Waals surface area contributed by atoms with Crippen LogP contribution in [-0.4, -0.2) is 41.0 Å². The molecule has 0 unspecified atom stereocenters. The Kier molecular flexibility index (Phi) is 5.17. The Morgan fingerprint density at radius 2 is 2.19 bits per heavy atom. The Hall–Kier alpha value is -1.63. The summed E-state index contributed by atoms with van der Waals surface area (Å²) >= 11 is 1.41. The third kappa shape index (κ3) is 4.42. The molecule has 1 fully saturated rings. The number of amides is 3. The lowest BCUT2D eigenvalue weighted by atomic mass is 9.90. The van der Waals surface area contributed by atoms with E-state index in [1.807, 2.05) is 19.4 Å². The lowest BCUT2D eigenvalue weighted by Crippen LogP contribution is -2.47. The maximum Gasteiger partial charge on any atom is 0.321 e. The van der Waals surface area contributed by atoms with Crippen molar-refractivity contribution >= 4 is 28.4 Å². The van der Waals surface area contributed by atoms with Gasteiger partial charge in [0.15, 0.2) is 5.13 Å². The highest BCUT2D eigenvalue weighted by atomic mass is 32.1. The van der Waals surface area contributed by atoms with E-state index in [0.29, 0.717) is 5.13 Å². The van der Waals surface area contributed by atoms with Gasteiger partial charge in [-0.1, -0.05) is 0 Å². The topological polar surface area (TPSA) is 74.3 Å². The molecule has 2 rings (SSSR count). The predicted molar refractivity (Wildman–Crippen MR) is 83.5 cm³/mol. The van der Waals surface area contributed by atoms with Gasteiger partial charge in [-0.25, -0.2) is 9.78 Å². The molecule has 1 aromatic rings. The number of carbonyl (C=O) groups excluding carboxylic acids is 2. The summed E-state index contributed by atoms with van der Waals surface area (Å²) in [6.45, 7) is 3.47. The summed E-state index contributed by atoms with van der Waals surface area (Å²) in [6.07, 6.45) is 3.78. The minimum atomic E-state index is -0.222. The van der Waals surface area contributed by atoms with E-state index in [4.69, 9.17) is 0 Å². The number of nitrogens with zero attached hydrogens (tertiary/aromatic N) is 2. The molecule has 0 aromatic carbocycles. The average Bonchev–Trinajstić information content (AvgIpc) is 2.83. The number of rotatable bonds is 3. The van der Waals surface area contributed by atoms with Gasteiger partial charge >= 0.3 is 6.03 Å². The van der Waals surface area contributed by atoms with E-state index in [1.165, 1.54) is 11.3 Å². The molecule has 1 saturated carbocycles. The first-order valence-corrected chi connectivity index (χ1v) is 8.06. The predicted octanol–water partition coefficient (Wildman–Crippen LogP) is 2.36. The van der Waals surface area contributed by atoms with Crippen molar-refractivity contribution in [2.75, 3.05) is 12.4 Å². The maximum absolute atomic E-state index is 12.0. The van der Waals surface area contributed by atoms with E-state index in [1.54, 1.807) is 11.8 Å². The number of anilines is 1. The van der Waals surface area contributed by atoms with Crippen molar-refractivity contribution in [2.45, 2.75) is 51.6 Å². The number of aryl methyl sites for hydroxylation is 1. The van der Waals surface area contributed by atoms with Crippen LogP contribution in [0.1, 0.15) is 38.3 Å². The molecular weight excluding hydrogens is 288 g/mol. The third-order valence-electron chi connectivity index (χ3n) is 3.87. The fourth-order valence-electron chi connectivity index (χ4n) is 2.63. The van der Waals surface area contributed by atoms with E-state index >= 15 is 0 Å². The summed E-state index contributed by atoms with van der Waals surface area (Å²) < 4.78 is 0. The van der Waals surface area contributed by atoms with Crippen molar-refractivity contribution in [3.05, 3.63) is 11.1 Å². The van der Waals surface area contributed by atoms with Crippen LogP contribution in [0.25, 0.3) is 0 Å². The number of hydrogen-bond acceptors (Lipinski definition) is 4. The average molecular weight is 310 g/mol. The molecule has 0 saturated heterocycles. The van der Waals surface area contributed by atoms with Crippen molar-refractivity contribution in [1.29, 1.82) is 0 Å². The maximum atomic E-state index is 12.0. The minimum absolute atomic E-state index is 0.0726. The van der Waals surface area contributed by atoms with E-state index in [9.17, 15) is 9.59 Å². The second-order valence-corrected chi connectivity index (χ2v) is 6.40. The fraction of sp³-hybridized carbons (Fsp3) is 0.643. The molecule has 1 aliphatic rings. The molecule has 0 spiro atoms. The van der Waals surface area contributed by atoms with Crippen LogP contribution in [0, 0.1) is 6.92 Å². The molecule has 6 nitrogen and oxygen atoms in total. The van der Waals surface area contributed by atoms with Gasteiger partial charge in [0, 0.05) is 31.4 Å². The van der Waals surface area contributed by atoms with Crippen LogP contribution in [0.15, 0.2) is 5.38 Å². The summed E-state index contributed by atoms with van der Waals surface area (Å²) in [7, 11) is 1.83. The summed E-state index contributed by atoms with van der Waals surface area (Å²) in [5.74, 6) is 0.0726. The van der Waals surface area contributed by atoms with Crippen LogP contribution >= 0.6 is 11.3 Å². The standard InChI is InChI=1S/C14H22N4O2S/c1-9-8-21-14(15-9)17-13(20)16-11-5-4-6-12(7-11)18(3)10(2)19/h8,11-12H,4-7H2,1-3H3,(H2,15,16,17,20)/t11-,12+/m0/s1. The summed E-state index contributed by atoms with van der Waals surface area (Å²) in [4.78, 5) is 29.4. The lowest BCUT2D eigenvalue weighted by Gasteiger charge is -2.35. The largest absolute Gasteiger partial charge is 0.343 e. The van der Waals surface area contributed by atoms with E-state index in [0.717, 1.165) is 31.4 Å². The molecular formula is C14H22N4O2S. The number of nitrogens with one attached hydrogen (secondary N) is 2. The monoisotopic (exact) mass is 310 g/mol. The first-order chi connectivity index (χ1) is 9.95. The number of aromatic nitrogens is 1. The Balaban J connectivity index is 1.84. The van der Waals surface area contributed by atoms with Crippen molar-refractivity contribution in [2.24, 2.45) is 0 Å². The number of urea groups is 1. The Labute approximate surface area is 128 Å². The van der Waals surface area contributed by atoms with Gasteiger partial charge in [-0.2, -0.15) is 0 Å². The Morgan fingerprint density at radius 3 is 2.81 bits per heavy atom. The normalized spacial score (nSPS) is 21.7. The molecule has 116 valence electrons. The van der Waals surface area contributed by atoms with Crippen LogP contribution in [0.2, 0.25) is 0 Å². The van der Waals surface area contributed by atoms with Gasteiger partial charge in [-0.05, 0) is 32.6 Å². The third-order valence-corrected chi connectivity index (χ3v) is 4.74. The molecule has 1 aliphatic carbocycles. The number of hydrogen-bond donors (Lipinski definition) is 2. The quantitative estimate of drug-likeness (QED) is 0.900. The zero-order valence-corrected chi connectivity index (χ0v) is 13.5. The molecule has 1 aromatic heterocycles. The zero-order chi connectivity index (χ0) is 15.4. The van der Waals surface area contributed by atoms with Crippen molar-refractivity contribution in [3.8, 4) is 0 Å². The van der Waals surface area contributed by atoms with Gasteiger partial charge < -0.3 is 10.2 Å². The summed E-state index contributed by atoms with van der Waals surface area (Å²) in [5, 5.41) is 8.24. The van der Waals surface area contributed by atoms with Crippen molar-refractivity contribution in [3.63, 3.8) is 0 Å². The highest BCUT2D eigenvalue weighted by Gasteiger charge is 2.27.